The summed E-state index contributed by atoms with van der Waals surface area (Å²) in [6.45, 7) is 0. The van der Waals surface area contributed by atoms with E-state index in [0.717, 1.165) is 4.88 Å². The molecule has 2 rings (SSSR count). The molecule has 0 unspecified atom stereocenters. The molecule has 0 aliphatic carbocycles. The largest absolute Gasteiger partial charge is 0.305 e. The van der Waals surface area contributed by atoms with Gasteiger partial charge in [0.05, 0.1) is 13.5 Å². The van der Waals surface area contributed by atoms with Crippen molar-refractivity contribution in [1.82, 2.24) is 9.97 Å². The Morgan fingerprint density at radius 3 is 2.93 bits per heavy atom. The molecule has 0 atom stereocenters. The van der Waals surface area contributed by atoms with Crippen LogP contribution in [0.2, 0.25) is 5.02 Å². The molecule has 14 heavy (non-hydrogen) atoms. The maximum absolute atomic E-state index is 11.3. The van der Waals surface area contributed by atoms with Gasteiger partial charge in [-0.05, 0) is 34.0 Å². The SMILES string of the molecule is O=c1[nH]c(-c2sccc2Cl)ncc1I. The molecule has 0 bridgehead atoms. The lowest BCUT2D eigenvalue weighted by atomic mass is 10.4. The summed E-state index contributed by atoms with van der Waals surface area (Å²) in [5.74, 6) is 0.524. The molecule has 0 aliphatic rings. The molecule has 6 heteroatoms. The molecule has 0 radical (unpaired) electrons. The first kappa shape index (κ1) is 10.1. The van der Waals surface area contributed by atoms with Gasteiger partial charge in [-0.25, -0.2) is 4.98 Å². The molecule has 0 fully saturated rings. The van der Waals surface area contributed by atoms with Crippen LogP contribution in [0.15, 0.2) is 22.4 Å². The van der Waals surface area contributed by atoms with Crippen LogP contribution in [0.5, 0.6) is 0 Å². The fourth-order valence-electron chi connectivity index (χ4n) is 0.957. The fraction of sp³-hybridized carbons (Fsp3) is 0. The van der Waals surface area contributed by atoms with Crippen LogP contribution in [0.3, 0.4) is 0 Å². The first-order valence-electron chi connectivity index (χ1n) is 3.66. The third-order valence-electron chi connectivity index (χ3n) is 1.59. The molecule has 0 spiro atoms. The normalized spacial score (nSPS) is 10.4. The van der Waals surface area contributed by atoms with Crippen LogP contribution in [0.25, 0.3) is 10.7 Å². The van der Waals surface area contributed by atoms with Crippen LogP contribution in [0, 0.1) is 3.57 Å². The lowest BCUT2D eigenvalue weighted by Crippen LogP contribution is -2.11. The Kier molecular flexibility index (Phi) is 2.89. The fourth-order valence-corrected chi connectivity index (χ4v) is 2.33. The van der Waals surface area contributed by atoms with Crippen molar-refractivity contribution < 1.29 is 0 Å². The summed E-state index contributed by atoms with van der Waals surface area (Å²) >= 11 is 9.29. The molecule has 0 aliphatic heterocycles. The van der Waals surface area contributed by atoms with Crippen LogP contribution in [0.4, 0.5) is 0 Å². The van der Waals surface area contributed by atoms with Gasteiger partial charge in [-0.3, -0.25) is 4.79 Å². The first-order chi connectivity index (χ1) is 6.68. The van der Waals surface area contributed by atoms with Crippen molar-refractivity contribution in [2.24, 2.45) is 0 Å². The predicted molar refractivity (Wildman–Crippen MR) is 65.9 cm³/mol. The summed E-state index contributed by atoms with van der Waals surface area (Å²) in [5, 5.41) is 2.47. The van der Waals surface area contributed by atoms with Crippen molar-refractivity contribution in [3.8, 4) is 10.7 Å². The minimum absolute atomic E-state index is 0.139. The molecule has 0 aromatic carbocycles. The summed E-state index contributed by atoms with van der Waals surface area (Å²) in [6.07, 6.45) is 1.53. The quantitative estimate of drug-likeness (QED) is 0.813. The number of hydrogen-bond acceptors (Lipinski definition) is 3. The van der Waals surface area contributed by atoms with Gasteiger partial charge < -0.3 is 4.98 Å². The van der Waals surface area contributed by atoms with Crippen molar-refractivity contribution in [2.75, 3.05) is 0 Å². The second-order valence-electron chi connectivity index (χ2n) is 2.51. The van der Waals surface area contributed by atoms with Crippen LogP contribution < -0.4 is 5.56 Å². The van der Waals surface area contributed by atoms with Crippen molar-refractivity contribution in [2.45, 2.75) is 0 Å². The summed E-state index contributed by atoms with van der Waals surface area (Å²) in [6, 6.07) is 1.78. The highest BCUT2D eigenvalue weighted by molar-refractivity contribution is 14.1. The Labute approximate surface area is 102 Å². The highest BCUT2D eigenvalue weighted by atomic mass is 127. The maximum Gasteiger partial charge on any atom is 0.264 e. The standard InChI is InChI=1S/C8H4ClIN2OS/c9-4-1-2-14-6(4)7-11-3-5(10)8(13)12-7/h1-3H,(H,11,12,13). The lowest BCUT2D eigenvalue weighted by Gasteiger charge is -1.97. The molecule has 0 amide bonds. The minimum atomic E-state index is -0.139. The van der Waals surface area contributed by atoms with Crippen molar-refractivity contribution in [3.63, 3.8) is 0 Å². The third kappa shape index (κ3) is 1.84. The number of hydrogen-bond donors (Lipinski definition) is 1. The Hall–Kier alpha value is -0.400. The second-order valence-corrected chi connectivity index (χ2v) is 4.99. The monoisotopic (exact) mass is 338 g/mol. The highest BCUT2D eigenvalue weighted by Crippen LogP contribution is 2.29. The molecule has 3 nitrogen and oxygen atoms in total. The Morgan fingerprint density at radius 2 is 2.36 bits per heavy atom. The van der Waals surface area contributed by atoms with Gasteiger partial charge in [-0.15, -0.1) is 11.3 Å². The molecule has 0 saturated carbocycles. The smallest absolute Gasteiger partial charge is 0.264 e. The molecule has 2 heterocycles. The number of thiophene rings is 1. The number of rotatable bonds is 1. The van der Waals surface area contributed by atoms with Gasteiger partial charge in [-0.1, -0.05) is 11.6 Å². The van der Waals surface area contributed by atoms with E-state index in [1.165, 1.54) is 17.5 Å². The van der Waals surface area contributed by atoms with Gasteiger partial charge in [0.15, 0.2) is 5.82 Å². The zero-order valence-electron chi connectivity index (χ0n) is 6.75. The van der Waals surface area contributed by atoms with Crippen molar-refractivity contribution in [1.29, 1.82) is 0 Å². The van der Waals surface area contributed by atoms with Crippen LogP contribution in [0.1, 0.15) is 0 Å². The lowest BCUT2D eigenvalue weighted by molar-refractivity contribution is 1.11. The number of nitrogens with zero attached hydrogens (tertiary/aromatic N) is 1. The highest BCUT2D eigenvalue weighted by Gasteiger charge is 2.07. The average molecular weight is 339 g/mol. The molecular weight excluding hydrogens is 335 g/mol. The molecule has 1 N–H and O–H groups in total. The average Bonchev–Trinajstić information content (AvgIpc) is 2.57. The van der Waals surface area contributed by atoms with Gasteiger partial charge >= 0.3 is 0 Å². The molecule has 72 valence electrons. The van der Waals surface area contributed by atoms with Crippen LogP contribution in [-0.2, 0) is 0 Å². The Bertz CT molecular complexity index is 522. The molecule has 2 aromatic heterocycles. The number of aromatic amines is 1. The van der Waals surface area contributed by atoms with E-state index < -0.39 is 0 Å². The predicted octanol–water partition coefficient (Wildman–Crippen LogP) is 2.76. The molecule has 0 saturated heterocycles. The van der Waals surface area contributed by atoms with E-state index in [4.69, 9.17) is 11.6 Å². The summed E-state index contributed by atoms with van der Waals surface area (Å²) in [7, 11) is 0. The van der Waals surface area contributed by atoms with Crippen LogP contribution in [-0.4, -0.2) is 9.97 Å². The van der Waals surface area contributed by atoms with E-state index in [1.54, 1.807) is 6.07 Å². The van der Waals surface area contributed by atoms with Crippen molar-refractivity contribution >= 4 is 45.5 Å². The third-order valence-corrected chi connectivity index (χ3v) is 3.70. The van der Waals surface area contributed by atoms with Crippen molar-refractivity contribution in [3.05, 3.63) is 36.6 Å². The van der Waals surface area contributed by atoms with Gasteiger partial charge in [0, 0.05) is 6.20 Å². The van der Waals surface area contributed by atoms with E-state index in [0.29, 0.717) is 14.4 Å². The number of nitrogens with one attached hydrogen (secondary N) is 1. The second kappa shape index (κ2) is 4.00. The van der Waals surface area contributed by atoms with E-state index >= 15 is 0 Å². The van der Waals surface area contributed by atoms with Crippen LogP contribution >= 0.6 is 45.5 Å². The van der Waals surface area contributed by atoms with E-state index in [2.05, 4.69) is 9.97 Å². The number of H-pyrrole nitrogens is 1. The Morgan fingerprint density at radius 1 is 1.57 bits per heavy atom. The zero-order valence-corrected chi connectivity index (χ0v) is 10.5. The zero-order chi connectivity index (χ0) is 10.1. The molecular formula is C8H4ClIN2OS. The van der Waals surface area contributed by atoms with E-state index in [9.17, 15) is 4.79 Å². The van der Waals surface area contributed by atoms with Gasteiger partial charge in [-0.2, -0.15) is 0 Å². The van der Waals surface area contributed by atoms with E-state index in [1.807, 2.05) is 28.0 Å². The topological polar surface area (TPSA) is 45.8 Å². The van der Waals surface area contributed by atoms with E-state index in [-0.39, 0.29) is 5.56 Å². The van der Waals surface area contributed by atoms with Gasteiger partial charge in [0.25, 0.3) is 5.56 Å². The van der Waals surface area contributed by atoms with Gasteiger partial charge in [0.2, 0.25) is 0 Å². The summed E-state index contributed by atoms with van der Waals surface area (Å²) < 4.78 is 0.569. The van der Waals surface area contributed by atoms with Gasteiger partial charge in [0.1, 0.15) is 0 Å². The minimum Gasteiger partial charge on any atom is -0.305 e. The first-order valence-corrected chi connectivity index (χ1v) is 6.00. The molecule has 2 aromatic rings. The number of aromatic nitrogens is 2. The summed E-state index contributed by atoms with van der Waals surface area (Å²) in [5.41, 5.74) is -0.139. The summed E-state index contributed by atoms with van der Waals surface area (Å²) in [4.78, 5) is 18.9. The number of halogens is 2. The maximum atomic E-state index is 11.3. The Balaban J connectivity index is 2.59.